The first-order chi connectivity index (χ1) is 13.5. The first-order valence-corrected chi connectivity index (χ1v) is 9.35. The van der Waals surface area contributed by atoms with Crippen molar-refractivity contribution < 1.29 is 14.3 Å². The summed E-state index contributed by atoms with van der Waals surface area (Å²) in [5.74, 6) is 0.173. The van der Waals surface area contributed by atoms with E-state index in [4.69, 9.17) is 27.4 Å². The van der Waals surface area contributed by atoms with Crippen LogP contribution in [0, 0.1) is 0 Å². The van der Waals surface area contributed by atoms with Crippen LogP contribution in [0.15, 0.2) is 64.2 Å². The average molecular weight is 458 g/mol. The number of ether oxygens (including phenoxy) is 2. The number of nitrogens with zero attached hydrogens (tertiary/aromatic N) is 1. The predicted octanol–water partition coefficient (Wildman–Crippen LogP) is 4.00. The van der Waals surface area contributed by atoms with Gasteiger partial charge in [-0.25, -0.2) is 4.79 Å². The Balaban J connectivity index is 1.92. The van der Waals surface area contributed by atoms with Crippen LogP contribution in [0.1, 0.15) is 15.9 Å². The van der Waals surface area contributed by atoms with E-state index >= 15 is 0 Å². The monoisotopic (exact) mass is 457 g/mol. The molecule has 0 unspecified atom stereocenters. The van der Waals surface area contributed by atoms with Crippen LogP contribution in [0.2, 0.25) is 0 Å². The summed E-state index contributed by atoms with van der Waals surface area (Å²) in [6.45, 7) is 0. The molecule has 6 nitrogen and oxygen atoms in total. The van der Waals surface area contributed by atoms with Crippen molar-refractivity contribution in [1.82, 2.24) is 5.43 Å². The van der Waals surface area contributed by atoms with Gasteiger partial charge in [-0.2, -0.15) is 5.10 Å². The quantitative estimate of drug-likeness (QED) is 0.198. The molecule has 0 heterocycles. The van der Waals surface area contributed by atoms with E-state index in [9.17, 15) is 4.79 Å². The molecule has 3 N–H and O–H groups in total. The molecule has 0 amide bonds. The molecule has 0 radical (unpaired) electrons. The van der Waals surface area contributed by atoms with Crippen molar-refractivity contribution in [3.8, 4) is 11.5 Å². The summed E-state index contributed by atoms with van der Waals surface area (Å²) in [6.07, 6.45) is 1.52. The Morgan fingerprint density at radius 3 is 2.71 bits per heavy atom. The zero-order valence-electron chi connectivity index (χ0n) is 14.8. The third kappa shape index (κ3) is 4.47. The van der Waals surface area contributed by atoms with Crippen LogP contribution < -0.4 is 20.6 Å². The summed E-state index contributed by atoms with van der Waals surface area (Å²) in [4.78, 5) is 12.8. The molecule has 3 rings (SSSR count). The first kappa shape index (κ1) is 19.8. The maximum absolute atomic E-state index is 12.8. The maximum atomic E-state index is 12.8. The number of fused-ring (bicyclic) bond motifs is 1. The Morgan fingerprint density at radius 2 is 1.96 bits per heavy atom. The minimum Gasteiger partial charge on any atom is -0.493 e. The lowest BCUT2D eigenvalue weighted by molar-refractivity contribution is 0.0730. The molecule has 0 saturated heterocycles. The molecule has 0 spiro atoms. The van der Waals surface area contributed by atoms with Crippen molar-refractivity contribution in [3.63, 3.8) is 0 Å². The number of esters is 1. The Labute approximate surface area is 175 Å². The van der Waals surface area contributed by atoms with E-state index in [1.807, 2.05) is 36.4 Å². The molecule has 0 aliphatic rings. The number of carbonyl (C=O) groups excluding carboxylic acids is 1. The molecule has 0 saturated carbocycles. The number of benzene rings is 3. The molecular weight excluding hydrogens is 442 g/mol. The zero-order valence-corrected chi connectivity index (χ0v) is 17.2. The Bertz CT molecular complexity index is 1080. The summed E-state index contributed by atoms with van der Waals surface area (Å²) in [5, 5.41) is 5.74. The number of hydrogen-bond donors (Lipinski definition) is 2. The lowest BCUT2D eigenvalue weighted by Gasteiger charge is -2.13. The molecule has 8 heteroatoms. The molecule has 3 aromatic rings. The summed E-state index contributed by atoms with van der Waals surface area (Å²) in [5.41, 5.74) is 8.97. The molecule has 0 atom stereocenters. The van der Waals surface area contributed by atoms with E-state index in [0.29, 0.717) is 21.3 Å². The number of nitrogens with two attached hydrogens (primary N) is 1. The average Bonchev–Trinajstić information content (AvgIpc) is 2.68. The fourth-order valence-electron chi connectivity index (χ4n) is 2.63. The topological polar surface area (TPSA) is 85.9 Å². The van der Waals surface area contributed by atoms with E-state index in [1.54, 1.807) is 18.2 Å². The Morgan fingerprint density at radius 1 is 1.21 bits per heavy atom. The first-order valence-electron chi connectivity index (χ1n) is 8.15. The van der Waals surface area contributed by atoms with Crippen molar-refractivity contribution >= 4 is 56.2 Å². The molecule has 0 bridgehead atoms. The third-order valence-corrected chi connectivity index (χ3v) is 4.52. The van der Waals surface area contributed by atoms with Crippen molar-refractivity contribution in [3.05, 3.63) is 70.2 Å². The number of rotatable bonds is 5. The molecule has 3 aromatic carbocycles. The van der Waals surface area contributed by atoms with Crippen LogP contribution in [0.4, 0.5) is 0 Å². The van der Waals surface area contributed by atoms with Gasteiger partial charge in [0.15, 0.2) is 16.6 Å². The van der Waals surface area contributed by atoms with Gasteiger partial charge in [-0.3, -0.25) is 5.43 Å². The van der Waals surface area contributed by atoms with E-state index in [2.05, 4.69) is 26.5 Å². The molecule has 0 aliphatic carbocycles. The predicted molar refractivity (Wildman–Crippen MR) is 117 cm³/mol. The van der Waals surface area contributed by atoms with E-state index in [-0.39, 0.29) is 10.9 Å². The van der Waals surface area contributed by atoms with Gasteiger partial charge in [-0.1, -0.05) is 36.4 Å². The number of nitrogens with one attached hydrogen (secondary N) is 1. The van der Waals surface area contributed by atoms with Gasteiger partial charge in [0.1, 0.15) is 0 Å². The second-order valence-corrected chi connectivity index (χ2v) is 6.98. The molecule has 0 fully saturated rings. The number of halogens is 1. The van der Waals surface area contributed by atoms with Gasteiger partial charge < -0.3 is 15.2 Å². The van der Waals surface area contributed by atoms with Crippen LogP contribution in [0.3, 0.4) is 0 Å². The van der Waals surface area contributed by atoms with Crippen LogP contribution in [0.25, 0.3) is 10.8 Å². The standard InChI is InChI=1S/C20H16BrN3O3S/c1-26-17-10-12(11-23-24-20(22)28)9-16(21)18(17)27-19(25)15-8-4-6-13-5-2-3-7-14(13)15/h2-11H,1H3,(H3,22,24,28)/b23-11-. The molecule has 142 valence electrons. The van der Waals surface area contributed by atoms with Crippen LogP contribution >= 0.6 is 28.1 Å². The Hall–Kier alpha value is -2.97. The van der Waals surface area contributed by atoms with Crippen molar-refractivity contribution in [2.75, 3.05) is 7.11 Å². The highest BCUT2D eigenvalue weighted by atomic mass is 79.9. The summed E-state index contributed by atoms with van der Waals surface area (Å²) in [7, 11) is 1.49. The smallest absolute Gasteiger partial charge is 0.344 e. The highest BCUT2D eigenvalue weighted by Crippen LogP contribution is 2.37. The fraction of sp³-hybridized carbons (Fsp3) is 0.0500. The lowest BCUT2D eigenvalue weighted by Crippen LogP contribution is -2.24. The van der Waals surface area contributed by atoms with Crippen molar-refractivity contribution in [2.45, 2.75) is 0 Å². The van der Waals surface area contributed by atoms with Gasteiger partial charge in [-0.15, -0.1) is 0 Å². The van der Waals surface area contributed by atoms with Crippen molar-refractivity contribution in [2.24, 2.45) is 10.8 Å². The van der Waals surface area contributed by atoms with Gasteiger partial charge in [0.2, 0.25) is 0 Å². The van der Waals surface area contributed by atoms with E-state index in [1.165, 1.54) is 13.3 Å². The second-order valence-electron chi connectivity index (χ2n) is 5.68. The highest BCUT2D eigenvalue weighted by molar-refractivity contribution is 9.10. The minimum absolute atomic E-state index is 0.0583. The molecular formula is C20H16BrN3O3S. The fourth-order valence-corrected chi connectivity index (χ4v) is 3.23. The maximum Gasteiger partial charge on any atom is 0.344 e. The van der Waals surface area contributed by atoms with Gasteiger partial charge in [0.05, 0.1) is 23.4 Å². The zero-order chi connectivity index (χ0) is 20.1. The summed E-state index contributed by atoms with van der Waals surface area (Å²) < 4.78 is 11.6. The molecule has 28 heavy (non-hydrogen) atoms. The van der Waals surface area contributed by atoms with Crippen LogP contribution in [-0.4, -0.2) is 24.4 Å². The largest absolute Gasteiger partial charge is 0.493 e. The van der Waals surface area contributed by atoms with E-state index < -0.39 is 5.97 Å². The normalized spacial score (nSPS) is 10.8. The summed E-state index contributed by atoms with van der Waals surface area (Å²) in [6, 6.07) is 16.5. The number of methoxy groups -OCH3 is 1. The second kappa shape index (κ2) is 8.81. The number of thiocarbonyl (C=S) groups is 1. The van der Waals surface area contributed by atoms with Crippen LogP contribution in [-0.2, 0) is 0 Å². The number of carbonyl (C=O) groups is 1. The third-order valence-electron chi connectivity index (χ3n) is 3.84. The summed E-state index contributed by atoms with van der Waals surface area (Å²) >= 11 is 8.12. The van der Waals surface area contributed by atoms with Gasteiger partial charge in [0, 0.05) is 0 Å². The van der Waals surface area contributed by atoms with Gasteiger partial charge in [0.25, 0.3) is 0 Å². The van der Waals surface area contributed by atoms with Gasteiger partial charge in [-0.05, 0) is 62.7 Å². The SMILES string of the molecule is COc1cc(/C=N\NC(N)=S)cc(Br)c1OC(=O)c1cccc2ccccc12. The molecule has 0 aromatic heterocycles. The highest BCUT2D eigenvalue weighted by Gasteiger charge is 2.18. The van der Waals surface area contributed by atoms with Crippen LogP contribution in [0.5, 0.6) is 11.5 Å². The number of hydrazone groups is 1. The molecule has 0 aliphatic heterocycles. The van der Waals surface area contributed by atoms with Gasteiger partial charge >= 0.3 is 5.97 Å². The van der Waals surface area contributed by atoms with Crippen molar-refractivity contribution in [1.29, 1.82) is 0 Å². The Kier molecular flexibility index (Phi) is 6.23. The van der Waals surface area contributed by atoms with E-state index in [0.717, 1.165) is 10.8 Å². The lowest BCUT2D eigenvalue weighted by atomic mass is 10.0. The number of hydrogen-bond acceptors (Lipinski definition) is 5. The minimum atomic E-state index is -0.479.